The van der Waals surface area contributed by atoms with Gasteiger partial charge in [0.05, 0.1) is 5.69 Å². The Bertz CT molecular complexity index is 339. The van der Waals surface area contributed by atoms with Crippen molar-refractivity contribution in [2.75, 3.05) is 0 Å². The molecule has 0 aliphatic rings. The van der Waals surface area contributed by atoms with Crippen LogP contribution in [0.2, 0.25) is 0 Å². The minimum absolute atomic E-state index is 0.0595. The Labute approximate surface area is 89.7 Å². The van der Waals surface area contributed by atoms with E-state index in [4.69, 9.17) is 11.6 Å². The molecule has 4 nitrogen and oxygen atoms in total. The quantitative estimate of drug-likeness (QED) is 0.242. The molecular weight excluding hydrogens is 222 g/mol. The van der Waals surface area contributed by atoms with E-state index in [2.05, 4.69) is 10.4 Å². The average molecular weight is 232 g/mol. The molecule has 82 valence electrons. The second-order valence-corrected chi connectivity index (χ2v) is 3.58. The van der Waals surface area contributed by atoms with Crippen LogP contribution in [0, 0.1) is 0 Å². The Kier molecular flexibility index (Phi) is 4.32. The fourth-order valence-electron chi connectivity index (χ4n) is 0.873. The smallest absolute Gasteiger partial charge is 0.288 e. The topological polar surface area (TPSA) is 76.4 Å². The van der Waals surface area contributed by atoms with Gasteiger partial charge in [-0.15, -0.1) is 0 Å². The number of hydrazine groups is 1. The van der Waals surface area contributed by atoms with Crippen LogP contribution in [0.5, 0.6) is 0 Å². The van der Waals surface area contributed by atoms with E-state index in [1.807, 2.05) is 0 Å². The zero-order valence-corrected chi connectivity index (χ0v) is 8.47. The van der Waals surface area contributed by atoms with Crippen molar-refractivity contribution in [3.63, 3.8) is 0 Å². The van der Waals surface area contributed by atoms with Crippen LogP contribution in [-0.2, 0) is 0 Å². The molecule has 1 aromatic carbocycles. The van der Waals surface area contributed by atoms with Crippen LogP contribution >= 0.6 is 11.8 Å². The lowest BCUT2D eigenvalue weighted by Crippen LogP contribution is -2.36. The molecule has 0 bridgehead atoms. The number of alkyl halides is 2. The van der Waals surface area contributed by atoms with Crippen LogP contribution in [0.1, 0.15) is 0 Å². The van der Waals surface area contributed by atoms with Crippen molar-refractivity contribution in [2.45, 2.75) is 10.7 Å². The summed E-state index contributed by atoms with van der Waals surface area (Å²) >= 11 is 0.478. The zero-order chi connectivity index (χ0) is 11.3. The summed E-state index contributed by atoms with van der Waals surface area (Å²) < 4.78 is 23.9. The number of halogens is 2. The fraction of sp³-hybridized carbons (Fsp3) is 0.125. The average Bonchev–Trinajstić information content (AvgIpc) is 2.20. The number of nitrogens with two attached hydrogens (primary N) is 2. The van der Waals surface area contributed by atoms with Gasteiger partial charge in [0, 0.05) is 4.90 Å². The van der Waals surface area contributed by atoms with Crippen molar-refractivity contribution in [1.82, 2.24) is 5.43 Å². The highest BCUT2D eigenvalue weighted by Crippen LogP contribution is 2.26. The zero-order valence-electron chi connectivity index (χ0n) is 7.65. The van der Waals surface area contributed by atoms with Gasteiger partial charge in [0.1, 0.15) is 0 Å². The number of benzene rings is 1. The van der Waals surface area contributed by atoms with Gasteiger partial charge in [0.15, 0.2) is 0 Å². The molecule has 1 rings (SSSR count). The lowest BCUT2D eigenvalue weighted by atomic mass is 10.3. The molecule has 0 heterocycles. The van der Waals surface area contributed by atoms with E-state index in [-0.39, 0.29) is 5.96 Å². The summed E-state index contributed by atoms with van der Waals surface area (Å²) in [6.07, 6.45) is 0. The van der Waals surface area contributed by atoms with Crippen LogP contribution in [0.25, 0.3) is 0 Å². The molecule has 15 heavy (non-hydrogen) atoms. The van der Waals surface area contributed by atoms with E-state index in [1.54, 1.807) is 24.3 Å². The van der Waals surface area contributed by atoms with Gasteiger partial charge in [0.25, 0.3) is 5.76 Å². The number of hydrogen-bond acceptors (Lipinski definition) is 3. The van der Waals surface area contributed by atoms with Gasteiger partial charge in [0.2, 0.25) is 5.96 Å². The third kappa shape index (κ3) is 4.13. The minimum atomic E-state index is -2.42. The fourth-order valence-corrected chi connectivity index (χ4v) is 1.37. The molecule has 0 amide bonds. The first-order valence-corrected chi connectivity index (χ1v) is 4.85. The van der Waals surface area contributed by atoms with Crippen LogP contribution < -0.4 is 17.0 Å². The highest BCUT2D eigenvalue weighted by molar-refractivity contribution is 7.99. The maximum Gasteiger partial charge on any atom is 0.288 e. The van der Waals surface area contributed by atoms with Crippen molar-refractivity contribution >= 4 is 23.4 Å². The monoisotopic (exact) mass is 232 g/mol. The second kappa shape index (κ2) is 5.52. The molecule has 0 fully saturated rings. The van der Waals surface area contributed by atoms with E-state index < -0.39 is 5.76 Å². The van der Waals surface area contributed by atoms with Crippen LogP contribution in [0.15, 0.2) is 34.2 Å². The summed E-state index contributed by atoms with van der Waals surface area (Å²) in [5, 5.41) is 0. The van der Waals surface area contributed by atoms with Gasteiger partial charge in [-0.1, -0.05) is 11.8 Å². The van der Waals surface area contributed by atoms with Crippen LogP contribution in [-0.4, -0.2) is 11.7 Å². The molecule has 0 spiro atoms. The summed E-state index contributed by atoms with van der Waals surface area (Å²) in [7, 11) is 0. The van der Waals surface area contributed by atoms with Gasteiger partial charge in [-0.05, 0) is 24.3 Å². The van der Waals surface area contributed by atoms with Crippen molar-refractivity contribution in [2.24, 2.45) is 16.6 Å². The first-order valence-electron chi connectivity index (χ1n) is 3.97. The van der Waals surface area contributed by atoms with E-state index in [0.717, 1.165) is 0 Å². The second-order valence-electron chi connectivity index (χ2n) is 2.51. The number of guanidine groups is 1. The van der Waals surface area contributed by atoms with Crippen molar-refractivity contribution in [1.29, 1.82) is 0 Å². The summed E-state index contributed by atoms with van der Waals surface area (Å²) in [4.78, 5) is 4.33. The molecule has 0 aromatic heterocycles. The lowest BCUT2D eigenvalue weighted by Gasteiger charge is -2.01. The predicted molar refractivity (Wildman–Crippen MR) is 56.9 cm³/mol. The Morgan fingerprint density at radius 2 is 1.93 bits per heavy atom. The maximum absolute atomic E-state index is 12.0. The molecule has 0 radical (unpaired) electrons. The van der Waals surface area contributed by atoms with E-state index in [1.165, 1.54) is 0 Å². The summed E-state index contributed by atoms with van der Waals surface area (Å²) in [5.74, 6) is 2.64. The first-order chi connectivity index (χ1) is 7.11. The van der Waals surface area contributed by atoms with Gasteiger partial charge >= 0.3 is 0 Å². The molecule has 0 aliphatic heterocycles. The van der Waals surface area contributed by atoms with Gasteiger partial charge in [-0.2, -0.15) is 8.78 Å². The van der Waals surface area contributed by atoms with E-state index >= 15 is 0 Å². The van der Waals surface area contributed by atoms with Crippen molar-refractivity contribution in [3.05, 3.63) is 24.3 Å². The summed E-state index contributed by atoms with van der Waals surface area (Å²) in [6.45, 7) is 0. The number of hydrogen-bond donors (Lipinski definition) is 3. The van der Waals surface area contributed by atoms with Crippen LogP contribution in [0.3, 0.4) is 0 Å². The Morgan fingerprint density at radius 3 is 2.40 bits per heavy atom. The molecule has 0 aliphatic carbocycles. The van der Waals surface area contributed by atoms with Crippen molar-refractivity contribution < 1.29 is 8.78 Å². The van der Waals surface area contributed by atoms with Crippen molar-refractivity contribution in [3.8, 4) is 0 Å². The maximum atomic E-state index is 12.0. The van der Waals surface area contributed by atoms with Gasteiger partial charge in [-0.25, -0.2) is 10.8 Å². The Balaban J connectivity index is 2.72. The largest absolute Gasteiger partial charge is 0.369 e. The van der Waals surface area contributed by atoms with Crippen LogP contribution in [0.4, 0.5) is 14.5 Å². The standard InChI is InChI=1S/C8H10F2N4S/c9-7(10)15-6-3-1-5(2-4-6)13-8(11)14-12/h1-4,7H,12H2,(H3,11,13,14). The first kappa shape index (κ1) is 11.7. The highest BCUT2D eigenvalue weighted by atomic mass is 32.2. The van der Waals surface area contributed by atoms with E-state index in [9.17, 15) is 8.78 Å². The molecule has 7 heteroatoms. The predicted octanol–water partition coefficient (Wildman–Crippen LogP) is 1.41. The lowest BCUT2D eigenvalue weighted by molar-refractivity contribution is 0.252. The molecule has 5 N–H and O–H groups in total. The Morgan fingerprint density at radius 1 is 1.33 bits per heavy atom. The number of thioether (sulfide) groups is 1. The summed E-state index contributed by atoms with van der Waals surface area (Å²) in [5.41, 5.74) is 8.02. The molecule has 1 aromatic rings. The summed E-state index contributed by atoms with van der Waals surface area (Å²) in [6, 6.07) is 6.24. The molecular formula is C8H10F2N4S. The Hall–Kier alpha value is -1.34. The number of aliphatic imine (C=N–C) groups is 1. The molecule has 0 unspecified atom stereocenters. The third-order valence-electron chi connectivity index (χ3n) is 1.46. The molecule has 0 saturated heterocycles. The minimum Gasteiger partial charge on any atom is -0.369 e. The number of nitrogens with one attached hydrogen (secondary N) is 1. The normalized spacial score (nSPS) is 11.9. The van der Waals surface area contributed by atoms with E-state index in [0.29, 0.717) is 22.3 Å². The SMILES string of the molecule is NNC(N)=Nc1ccc(SC(F)F)cc1. The number of rotatable bonds is 3. The van der Waals surface area contributed by atoms with Gasteiger partial charge < -0.3 is 5.73 Å². The highest BCUT2D eigenvalue weighted by Gasteiger charge is 2.04. The van der Waals surface area contributed by atoms with Gasteiger partial charge in [-0.3, -0.25) is 5.43 Å². The number of nitrogens with zero attached hydrogens (tertiary/aromatic N) is 1. The molecule has 0 saturated carbocycles. The molecule has 0 atom stereocenters. The third-order valence-corrected chi connectivity index (χ3v) is 2.18.